The van der Waals surface area contributed by atoms with Gasteiger partial charge in [-0.3, -0.25) is 19.4 Å². The molecule has 3 rings (SSSR count). The van der Waals surface area contributed by atoms with Gasteiger partial charge in [0.25, 0.3) is 5.91 Å². The van der Waals surface area contributed by atoms with E-state index in [1.54, 1.807) is 29.5 Å². The number of Topliss-reactive ketones (excluding diaryl/α,β-unsaturated/α-hetero) is 1. The minimum atomic E-state index is -1.14. The molecule has 1 fully saturated rings. The summed E-state index contributed by atoms with van der Waals surface area (Å²) in [7, 11) is 0. The Kier molecular flexibility index (Phi) is 5.73. The molecule has 0 spiro atoms. The summed E-state index contributed by atoms with van der Waals surface area (Å²) in [5.41, 5.74) is 0.649. The molecule has 0 aromatic carbocycles. The SMILES string of the molecule is CS[C@H]1C(C(=O)c2cccnc2)=C(CC(=O)O)C(=O)N1C[C@H]1CCCO1. The van der Waals surface area contributed by atoms with E-state index in [1.807, 2.05) is 0 Å². The first kappa shape index (κ1) is 18.6. The lowest BCUT2D eigenvalue weighted by Gasteiger charge is -2.27. The molecule has 2 aliphatic rings. The maximum Gasteiger partial charge on any atom is 0.308 e. The number of carboxylic acids is 1. The Morgan fingerprint density at radius 1 is 1.46 bits per heavy atom. The van der Waals surface area contributed by atoms with Gasteiger partial charge < -0.3 is 14.7 Å². The highest BCUT2D eigenvalue weighted by molar-refractivity contribution is 7.99. The largest absolute Gasteiger partial charge is 0.481 e. The average molecular weight is 376 g/mol. The zero-order valence-electron chi connectivity index (χ0n) is 14.4. The topological polar surface area (TPSA) is 96.8 Å². The molecule has 2 aliphatic heterocycles. The van der Waals surface area contributed by atoms with E-state index >= 15 is 0 Å². The van der Waals surface area contributed by atoms with Crippen LogP contribution in [0.2, 0.25) is 0 Å². The van der Waals surface area contributed by atoms with Crippen molar-refractivity contribution in [3.63, 3.8) is 0 Å². The van der Waals surface area contributed by atoms with Gasteiger partial charge in [0.05, 0.1) is 12.5 Å². The predicted molar refractivity (Wildman–Crippen MR) is 95.8 cm³/mol. The molecule has 3 heterocycles. The number of hydrogen-bond acceptors (Lipinski definition) is 6. The van der Waals surface area contributed by atoms with Gasteiger partial charge in [-0.1, -0.05) is 0 Å². The second kappa shape index (κ2) is 8.01. The molecule has 2 atom stereocenters. The van der Waals surface area contributed by atoms with Crippen molar-refractivity contribution in [3.05, 3.63) is 41.2 Å². The van der Waals surface area contributed by atoms with Gasteiger partial charge in [0, 0.05) is 42.3 Å². The van der Waals surface area contributed by atoms with E-state index in [-0.39, 0.29) is 23.0 Å². The lowest BCUT2D eigenvalue weighted by Crippen LogP contribution is -2.40. The number of ketones is 1. The molecule has 1 amide bonds. The Morgan fingerprint density at radius 3 is 2.85 bits per heavy atom. The highest BCUT2D eigenvalue weighted by Gasteiger charge is 2.43. The molecule has 8 heteroatoms. The summed E-state index contributed by atoms with van der Waals surface area (Å²) < 4.78 is 5.62. The molecule has 7 nitrogen and oxygen atoms in total. The van der Waals surface area contributed by atoms with Crippen molar-refractivity contribution in [2.75, 3.05) is 19.4 Å². The van der Waals surface area contributed by atoms with Crippen molar-refractivity contribution >= 4 is 29.4 Å². The van der Waals surface area contributed by atoms with Gasteiger partial charge >= 0.3 is 5.97 Å². The molecule has 0 unspecified atom stereocenters. The number of aromatic nitrogens is 1. The highest BCUT2D eigenvalue weighted by Crippen LogP contribution is 2.36. The third-order valence-electron chi connectivity index (χ3n) is 4.52. The van der Waals surface area contributed by atoms with Gasteiger partial charge in [0.15, 0.2) is 5.78 Å². The number of carbonyl (C=O) groups is 3. The molecule has 26 heavy (non-hydrogen) atoms. The Hall–Kier alpha value is -2.19. The van der Waals surface area contributed by atoms with E-state index in [2.05, 4.69) is 4.98 Å². The summed E-state index contributed by atoms with van der Waals surface area (Å²) in [5, 5.41) is 8.71. The van der Waals surface area contributed by atoms with E-state index in [0.29, 0.717) is 18.7 Å². The first-order valence-electron chi connectivity index (χ1n) is 8.38. The van der Waals surface area contributed by atoms with Crippen LogP contribution in [0.15, 0.2) is 35.7 Å². The number of aliphatic carboxylic acids is 1. The van der Waals surface area contributed by atoms with Crippen molar-refractivity contribution in [1.29, 1.82) is 0 Å². The number of ether oxygens (including phenoxy) is 1. The zero-order chi connectivity index (χ0) is 18.7. The molecule has 0 radical (unpaired) electrons. The zero-order valence-corrected chi connectivity index (χ0v) is 15.2. The Bertz CT molecular complexity index is 743. The van der Waals surface area contributed by atoms with Gasteiger partial charge in [0.2, 0.25) is 0 Å². The Labute approximate surface area is 155 Å². The summed E-state index contributed by atoms with van der Waals surface area (Å²) in [6.07, 6.45) is 6.03. The summed E-state index contributed by atoms with van der Waals surface area (Å²) in [5.74, 6) is -1.88. The van der Waals surface area contributed by atoms with Gasteiger partial charge in [-0.15, -0.1) is 11.8 Å². The first-order valence-corrected chi connectivity index (χ1v) is 9.66. The predicted octanol–water partition coefficient (Wildman–Crippen LogP) is 1.75. The van der Waals surface area contributed by atoms with E-state index in [0.717, 1.165) is 12.8 Å². The molecular formula is C18H20N2O5S. The minimum absolute atomic E-state index is 0.0590. The summed E-state index contributed by atoms with van der Waals surface area (Å²) >= 11 is 1.35. The number of hydrogen-bond donors (Lipinski definition) is 1. The molecule has 0 aliphatic carbocycles. The highest BCUT2D eigenvalue weighted by atomic mass is 32.2. The normalized spacial score (nSPS) is 23.0. The molecule has 0 bridgehead atoms. The second-order valence-electron chi connectivity index (χ2n) is 6.21. The number of pyridine rings is 1. The maximum absolute atomic E-state index is 13.0. The fraction of sp³-hybridized carbons (Fsp3) is 0.444. The third kappa shape index (κ3) is 3.66. The van der Waals surface area contributed by atoms with Crippen LogP contribution in [0.4, 0.5) is 0 Å². The number of nitrogens with zero attached hydrogens (tertiary/aromatic N) is 2. The van der Waals surface area contributed by atoms with Crippen molar-refractivity contribution in [2.24, 2.45) is 0 Å². The fourth-order valence-electron chi connectivity index (χ4n) is 3.36. The molecule has 1 aromatic rings. The summed E-state index contributed by atoms with van der Waals surface area (Å²) in [6, 6.07) is 3.25. The van der Waals surface area contributed by atoms with Crippen LogP contribution in [0.3, 0.4) is 0 Å². The van der Waals surface area contributed by atoms with E-state index in [4.69, 9.17) is 4.74 Å². The number of thioether (sulfide) groups is 1. The van der Waals surface area contributed by atoms with Crippen LogP contribution in [-0.2, 0) is 14.3 Å². The van der Waals surface area contributed by atoms with Crippen molar-refractivity contribution in [1.82, 2.24) is 9.88 Å². The van der Waals surface area contributed by atoms with Crippen LogP contribution in [0.25, 0.3) is 0 Å². The van der Waals surface area contributed by atoms with E-state index in [1.165, 1.54) is 18.0 Å². The standard InChI is InChI=1S/C18H20N2O5S/c1-26-18-15(16(23)11-4-2-6-19-9-11)13(8-14(21)22)17(24)20(18)10-12-5-3-7-25-12/h2,4,6,9,12,18H,3,5,7-8,10H2,1H3,(H,21,22)/t12-,18+/m1/s1. The monoisotopic (exact) mass is 376 g/mol. The van der Waals surface area contributed by atoms with Crippen LogP contribution in [0.1, 0.15) is 29.6 Å². The molecule has 0 saturated carbocycles. The number of carboxylic acid groups (broad SMARTS) is 1. The quantitative estimate of drug-likeness (QED) is 0.724. The number of rotatable bonds is 7. The summed E-state index contributed by atoms with van der Waals surface area (Å²) in [6.45, 7) is 1.02. The van der Waals surface area contributed by atoms with Crippen LogP contribution < -0.4 is 0 Å². The summed E-state index contributed by atoms with van der Waals surface area (Å²) in [4.78, 5) is 42.7. The molecule has 1 N–H and O–H groups in total. The molecule has 1 aromatic heterocycles. The second-order valence-corrected chi connectivity index (χ2v) is 7.13. The van der Waals surface area contributed by atoms with Crippen LogP contribution in [0, 0.1) is 0 Å². The Morgan fingerprint density at radius 2 is 2.27 bits per heavy atom. The molecular weight excluding hydrogens is 356 g/mol. The van der Waals surface area contributed by atoms with Crippen molar-refractivity contribution in [3.8, 4) is 0 Å². The maximum atomic E-state index is 13.0. The van der Waals surface area contributed by atoms with E-state index in [9.17, 15) is 19.5 Å². The van der Waals surface area contributed by atoms with Gasteiger partial charge in [-0.25, -0.2) is 0 Å². The average Bonchev–Trinajstić information content (AvgIpc) is 3.23. The molecule has 138 valence electrons. The van der Waals surface area contributed by atoms with E-state index < -0.39 is 23.7 Å². The van der Waals surface area contributed by atoms with Crippen LogP contribution in [0.5, 0.6) is 0 Å². The lowest BCUT2D eigenvalue weighted by atomic mass is 9.99. The van der Waals surface area contributed by atoms with Crippen LogP contribution >= 0.6 is 11.8 Å². The number of carbonyl (C=O) groups excluding carboxylic acids is 2. The third-order valence-corrected chi connectivity index (χ3v) is 5.45. The fourth-order valence-corrected chi connectivity index (χ4v) is 4.28. The first-order chi connectivity index (χ1) is 12.5. The van der Waals surface area contributed by atoms with Crippen molar-refractivity contribution < 1.29 is 24.2 Å². The van der Waals surface area contributed by atoms with Gasteiger partial charge in [-0.05, 0) is 31.2 Å². The van der Waals surface area contributed by atoms with Gasteiger partial charge in [-0.2, -0.15) is 0 Å². The van der Waals surface area contributed by atoms with Crippen molar-refractivity contribution in [2.45, 2.75) is 30.7 Å². The molecule has 1 saturated heterocycles. The van der Waals surface area contributed by atoms with Crippen LogP contribution in [-0.4, -0.2) is 63.5 Å². The van der Waals surface area contributed by atoms with Gasteiger partial charge in [0.1, 0.15) is 5.37 Å². The Balaban J connectivity index is 1.96. The smallest absolute Gasteiger partial charge is 0.308 e. The number of amides is 1. The minimum Gasteiger partial charge on any atom is -0.481 e. The lowest BCUT2D eigenvalue weighted by molar-refractivity contribution is -0.137.